The van der Waals surface area contributed by atoms with E-state index in [1.165, 1.54) is 0 Å². The molecule has 1 aromatic carbocycles. The second-order valence-electron chi connectivity index (χ2n) is 11.8. The Morgan fingerprint density at radius 1 is 1.07 bits per heavy atom. The molecule has 1 aliphatic carbocycles. The maximum Gasteiger partial charge on any atom is 0.259 e. The van der Waals surface area contributed by atoms with Gasteiger partial charge in [0, 0.05) is 41.8 Å². The van der Waals surface area contributed by atoms with Crippen LogP contribution in [0.25, 0.3) is 28.0 Å². The summed E-state index contributed by atoms with van der Waals surface area (Å²) in [4.78, 5) is 25.0. The number of hydrogen-bond acceptors (Lipinski definition) is 8. The standard InChI is InChI=1S/C31H28FN7O3/c1-17-3-4-20(28-36-30(42-37-28)22-11-24(22)32)9-25(17)35-29(40)23-12-33-39-8-7-19(10-26(23)39)21-5-6-27(34-18(21)2)38-13-31(14-38)15-41-16-31/h3-10,12,22,24H,11,13-16H2,1-2H3,(H,35,40)/t22-,24-/m0/s1. The van der Waals surface area contributed by atoms with Gasteiger partial charge in [0.15, 0.2) is 0 Å². The lowest BCUT2D eigenvalue weighted by Crippen LogP contribution is -2.66. The zero-order valence-corrected chi connectivity index (χ0v) is 23.2. The van der Waals surface area contributed by atoms with Crippen molar-refractivity contribution in [1.82, 2.24) is 24.7 Å². The summed E-state index contributed by atoms with van der Waals surface area (Å²) < 4.78 is 25.8. The number of nitrogens with one attached hydrogen (secondary N) is 1. The topological polar surface area (TPSA) is 111 Å². The monoisotopic (exact) mass is 565 g/mol. The molecular formula is C31H28FN7O3. The van der Waals surface area contributed by atoms with Crippen LogP contribution in [-0.2, 0) is 4.74 Å². The lowest BCUT2D eigenvalue weighted by atomic mass is 9.78. The molecule has 8 rings (SSSR count). The van der Waals surface area contributed by atoms with Crippen molar-refractivity contribution < 1.29 is 18.4 Å². The molecule has 3 aliphatic rings. The van der Waals surface area contributed by atoms with E-state index in [1.807, 2.05) is 44.3 Å². The molecule has 1 spiro atoms. The van der Waals surface area contributed by atoms with Gasteiger partial charge in [0.05, 0.1) is 41.8 Å². The van der Waals surface area contributed by atoms with Crippen molar-refractivity contribution in [3.63, 3.8) is 0 Å². The van der Waals surface area contributed by atoms with E-state index in [-0.39, 0.29) is 11.8 Å². The van der Waals surface area contributed by atoms with Crippen LogP contribution >= 0.6 is 0 Å². The van der Waals surface area contributed by atoms with E-state index in [1.54, 1.807) is 16.8 Å². The highest BCUT2D eigenvalue weighted by molar-refractivity contribution is 6.09. The number of halogens is 1. The molecule has 5 aromatic rings. The summed E-state index contributed by atoms with van der Waals surface area (Å²) in [6.07, 6.45) is 2.92. The van der Waals surface area contributed by atoms with Crippen LogP contribution in [0.3, 0.4) is 0 Å². The summed E-state index contributed by atoms with van der Waals surface area (Å²) in [5, 5.41) is 11.4. The van der Waals surface area contributed by atoms with E-state index in [4.69, 9.17) is 14.2 Å². The van der Waals surface area contributed by atoms with Gasteiger partial charge >= 0.3 is 0 Å². The molecule has 42 heavy (non-hydrogen) atoms. The van der Waals surface area contributed by atoms with Gasteiger partial charge in [-0.15, -0.1) is 0 Å². The van der Waals surface area contributed by atoms with Crippen LogP contribution in [0.5, 0.6) is 0 Å². The summed E-state index contributed by atoms with van der Waals surface area (Å²) in [6.45, 7) is 7.57. The van der Waals surface area contributed by atoms with Gasteiger partial charge in [-0.3, -0.25) is 4.79 Å². The highest BCUT2D eigenvalue weighted by Crippen LogP contribution is 2.43. The largest absolute Gasteiger partial charge is 0.380 e. The van der Waals surface area contributed by atoms with Gasteiger partial charge in [-0.1, -0.05) is 17.3 Å². The summed E-state index contributed by atoms with van der Waals surface area (Å²) in [5.74, 6) is 1.05. The number of nitrogens with zero attached hydrogens (tertiary/aromatic N) is 6. The molecule has 1 amide bonds. The summed E-state index contributed by atoms with van der Waals surface area (Å²) in [7, 11) is 0. The maximum absolute atomic E-state index is 13.5. The second-order valence-corrected chi connectivity index (χ2v) is 11.8. The van der Waals surface area contributed by atoms with Crippen LogP contribution in [-0.4, -0.2) is 63.1 Å². The molecule has 11 heteroatoms. The van der Waals surface area contributed by atoms with Crippen molar-refractivity contribution in [2.24, 2.45) is 5.41 Å². The summed E-state index contributed by atoms with van der Waals surface area (Å²) in [6, 6.07) is 13.6. The Balaban J connectivity index is 1.04. The average molecular weight is 566 g/mol. The molecule has 6 heterocycles. The van der Waals surface area contributed by atoms with Crippen LogP contribution in [0.1, 0.15) is 39.8 Å². The molecular weight excluding hydrogens is 537 g/mol. The van der Waals surface area contributed by atoms with Gasteiger partial charge < -0.3 is 19.5 Å². The molecule has 1 N–H and O–H groups in total. The zero-order chi connectivity index (χ0) is 28.6. The Kier molecular flexibility index (Phi) is 5.49. The Morgan fingerprint density at radius 2 is 1.90 bits per heavy atom. The Hall–Kier alpha value is -4.64. The fraction of sp³-hybridized carbons (Fsp3) is 0.323. The minimum atomic E-state index is -0.919. The first kappa shape index (κ1) is 25.1. The quantitative estimate of drug-likeness (QED) is 0.307. The predicted octanol–water partition coefficient (Wildman–Crippen LogP) is 4.98. The minimum absolute atomic E-state index is 0.286. The van der Waals surface area contributed by atoms with Crippen molar-refractivity contribution in [3.8, 4) is 22.5 Å². The molecule has 3 fully saturated rings. The van der Waals surface area contributed by atoms with E-state index >= 15 is 0 Å². The molecule has 4 aromatic heterocycles. The molecule has 10 nitrogen and oxygen atoms in total. The van der Waals surface area contributed by atoms with Gasteiger partial charge in [0.2, 0.25) is 11.7 Å². The van der Waals surface area contributed by atoms with Crippen molar-refractivity contribution in [2.45, 2.75) is 32.4 Å². The first-order valence-corrected chi connectivity index (χ1v) is 14.0. The minimum Gasteiger partial charge on any atom is -0.380 e. The molecule has 0 radical (unpaired) electrons. The number of amides is 1. The predicted molar refractivity (Wildman–Crippen MR) is 153 cm³/mol. The number of ether oxygens (including phenoxy) is 1. The molecule has 0 bridgehead atoms. The van der Waals surface area contributed by atoms with Gasteiger partial charge in [-0.2, -0.15) is 10.1 Å². The van der Waals surface area contributed by atoms with Gasteiger partial charge in [0.25, 0.3) is 5.91 Å². The van der Waals surface area contributed by atoms with Crippen molar-refractivity contribution in [1.29, 1.82) is 0 Å². The van der Waals surface area contributed by atoms with Crippen LogP contribution in [0.4, 0.5) is 15.9 Å². The smallest absolute Gasteiger partial charge is 0.259 e. The van der Waals surface area contributed by atoms with Crippen molar-refractivity contribution >= 4 is 22.9 Å². The number of aromatic nitrogens is 5. The number of carbonyl (C=O) groups excluding carboxylic acids is 1. The highest BCUT2D eigenvalue weighted by atomic mass is 19.1. The number of aryl methyl sites for hydroxylation is 2. The number of fused-ring (bicyclic) bond motifs is 1. The number of alkyl halides is 1. The fourth-order valence-electron chi connectivity index (χ4n) is 5.86. The molecule has 2 atom stereocenters. The molecule has 1 saturated carbocycles. The number of carbonyl (C=O) groups is 1. The third kappa shape index (κ3) is 4.14. The van der Waals surface area contributed by atoms with Crippen LogP contribution in [0.2, 0.25) is 0 Å². The first-order chi connectivity index (χ1) is 20.4. The average Bonchev–Trinajstić information content (AvgIpc) is 3.31. The van der Waals surface area contributed by atoms with E-state index in [0.717, 1.165) is 54.5 Å². The van der Waals surface area contributed by atoms with Crippen LogP contribution < -0.4 is 10.2 Å². The van der Waals surface area contributed by atoms with E-state index in [2.05, 4.69) is 37.6 Å². The molecule has 212 valence electrons. The van der Waals surface area contributed by atoms with Crippen LogP contribution in [0.15, 0.2) is 59.4 Å². The van der Waals surface area contributed by atoms with E-state index in [9.17, 15) is 9.18 Å². The number of anilines is 2. The fourth-order valence-corrected chi connectivity index (χ4v) is 5.86. The third-order valence-electron chi connectivity index (χ3n) is 8.56. The Morgan fingerprint density at radius 3 is 2.64 bits per heavy atom. The van der Waals surface area contributed by atoms with Crippen molar-refractivity contribution in [2.75, 3.05) is 36.5 Å². The SMILES string of the molecule is Cc1ccc(-c2noc([C@H]3C[C@@H]3F)n2)cc1NC(=O)c1cnn2ccc(-c3ccc(N4CC5(COC5)C4)nc3C)cc12. The van der Waals surface area contributed by atoms with Gasteiger partial charge in [-0.25, -0.2) is 13.9 Å². The Bertz CT molecular complexity index is 1870. The highest BCUT2D eigenvalue weighted by Gasteiger charge is 2.49. The number of hydrogen-bond donors (Lipinski definition) is 1. The lowest BCUT2D eigenvalue weighted by molar-refractivity contribution is -0.127. The first-order valence-electron chi connectivity index (χ1n) is 14.0. The van der Waals surface area contributed by atoms with Gasteiger partial charge in [0.1, 0.15) is 12.0 Å². The zero-order valence-electron chi connectivity index (χ0n) is 23.2. The maximum atomic E-state index is 13.5. The Labute approximate surface area is 240 Å². The van der Waals surface area contributed by atoms with E-state index in [0.29, 0.717) is 45.9 Å². The van der Waals surface area contributed by atoms with Crippen molar-refractivity contribution in [3.05, 3.63) is 77.6 Å². The van der Waals surface area contributed by atoms with Crippen LogP contribution in [0, 0.1) is 19.3 Å². The normalized spacial score (nSPS) is 20.4. The third-order valence-corrected chi connectivity index (χ3v) is 8.56. The van der Waals surface area contributed by atoms with Gasteiger partial charge in [-0.05, 0) is 61.7 Å². The summed E-state index contributed by atoms with van der Waals surface area (Å²) in [5.41, 5.74) is 6.50. The lowest BCUT2D eigenvalue weighted by Gasteiger charge is -2.55. The summed E-state index contributed by atoms with van der Waals surface area (Å²) >= 11 is 0. The van der Waals surface area contributed by atoms with E-state index < -0.39 is 6.17 Å². The molecule has 2 saturated heterocycles. The second kappa shape index (κ2) is 9.18. The number of pyridine rings is 2. The molecule has 2 aliphatic heterocycles. The number of rotatable bonds is 6. The number of benzene rings is 1. The molecule has 0 unspecified atom stereocenters.